The van der Waals surface area contributed by atoms with E-state index in [-0.39, 0.29) is 22.5 Å². The van der Waals surface area contributed by atoms with E-state index in [0.29, 0.717) is 9.13 Å². The summed E-state index contributed by atoms with van der Waals surface area (Å²) < 4.78 is 0.532. The molecule has 3 rings (SSSR count). The van der Waals surface area contributed by atoms with Gasteiger partial charge in [0.15, 0.2) is 0 Å². The van der Waals surface area contributed by atoms with E-state index in [4.69, 9.17) is 10.2 Å². The Kier molecular flexibility index (Phi) is 7.96. The van der Waals surface area contributed by atoms with Crippen molar-refractivity contribution in [2.45, 2.75) is 6.92 Å². The molecule has 11 heteroatoms. The molecule has 0 heterocycles. The highest BCUT2D eigenvalue weighted by molar-refractivity contribution is 14.1. The molecule has 0 amide bonds. The summed E-state index contributed by atoms with van der Waals surface area (Å²) in [6.07, 6.45) is 0. The Morgan fingerprint density at radius 1 is 0.750 bits per heavy atom. The standard InChI is InChI=1S/C14H11NO4.C7H4INO4/c1-9-2-4-10(5-3-9)11-6-12(14(16)17)8-13(7-11)15(18)19;8-5-1-4(7(10)11)2-6(3-5)9(12)13/h2-8H,1H3,(H,16,17);1-3H,(H,10,11). The fraction of sp³-hybridized carbons (Fsp3) is 0.0476. The van der Waals surface area contributed by atoms with E-state index < -0.39 is 21.8 Å². The van der Waals surface area contributed by atoms with Gasteiger partial charge in [0.05, 0.1) is 21.0 Å². The maximum atomic E-state index is 11.0. The fourth-order valence-corrected chi connectivity index (χ4v) is 3.21. The highest BCUT2D eigenvalue weighted by Crippen LogP contribution is 2.26. The van der Waals surface area contributed by atoms with Gasteiger partial charge in [-0.05, 0) is 52.8 Å². The molecule has 0 aliphatic rings. The number of nitro benzene ring substituents is 2. The van der Waals surface area contributed by atoms with Gasteiger partial charge < -0.3 is 10.2 Å². The number of benzene rings is 3. The van der Waals surface area contributed by atoms with Gasteiger partial charge in [-0.3, -0.25) is 20.2 Å². The molecule has 2 N–H and O–H groups in total. The maximum Gasteiger partial charge on any atom is 0.335 e. The number of non-ortho nitro benzene ring substituents is 2. The summed E-state index contributed by atoms with van der Waals surface area (Å²) in [5, 5.41) is 38.7. The van der Waals surface area contributed by atoms with Crippen molar-refractivity contribution >= 4 is 45.9 Å². The Balaban J connectivity index is 0.000000244. The first kappa shape index (κ1) is 24.4. The minimum atomic E-state index is -1.18. The van der Waals surface area contributed by atoms with Crippen molar-refractivity contribution in [1.82, 2.24) is 0 Å². The molecule has 0 aromatic heterocycles. The lowest BCUT2D eigenvalue weighted by Crippen LogP contribution is -1.99. The number of nitrogens with zero attached hydrogens (tertiary/aromatic N) is 2. The first-order chi connectivity index (χ1) is 15.0. The summed E-state index contributed by atoms with van der Waals surface area (Å²) in [4.78, 5) is 41.4. The van der Waals surface area contributed by atoms with Crippen LogP contribution < -0.4 is 0 Å². The van der Waals surface area contributed by atoms with Gasteiger partial charge in [-0.25, -0.2) is 9.59 Å². The van der Waals surface area contributed by atoms with Gasteiger partial charge >= 0.3 is 11.9 Å². The van der Waals surface area contributed by atoms with Gasteiger partial charge in [-0.15, -0.1) is 0 Å². The van der Waals surface area contributed by atoms with Crippen molar-refractivity contribution in [3.8, 4) is 11.1 Å². The van der Waals surface area contributed by atoms with E-state index in [1.807, 2.05) is 41.6 Å². The molecule has 3 aromatic rings. The number of aryl methyl sites for hydroxylation is 1. The molecular formula is C21H15IN2O8. The van der Waals surface area contributed by atoms with Crippen molar-refractivity contribution < 1.29 is 29.6 Å². The number of hydrogen-bond acceptors (Lipinski definition) is 6. The van der Waals surface area contributed by atoms with E-state index in [1.165, 1.54) is 24.3 Å². The van der Waals surface area contributed by atoms with Gasteiger partial charge in [0.25, 0.3) is 11.4 Å². The average Bonchev–Trinajstić information content (AvgIpc) is 2.73. The van der Waals surface area contributed by atoms with Crippen LogP contribution in [-0.2, 0) is 0 Å². The normalized spacial score (nSPS) is 9.94. The molecule has 0 aliphatic heterocycles. The van der Waals surface area contributed by atoms with Crippen LogP contribution in [0.5, 0.6) is 0 Å². The van der Waals surface area contributed by atoms with Crippen LogP contribution in [0.1, 0.15) is 26.3 Å². The van der Waals surface area contributed by atoms with E-state index >= 15 is 0 Å². The second kappa shape index (κ2) is 10.4. The van der Waals surface area contributed by atoms with E-state index in [0.717, 1.165) is 23.3 Å². The number of nitro groups is 2. The van der Waals surface area contributed by atoms with E-state index in [9.17, 15) is 29.8 Å². The number of hydrogen-bond donors (Lipinski definition) is 2. The predicted octanol–water partition coefficient (Wildman–Crippen LogP) is 5.17. The van der Waals surface area contributed by atoms with Crippen LogP contribution in [-0.4, -0.2) is 32.0 Å². The molecule has 10 nitrogen and oxygen atoms in total. The van der Waals surface area contributed by atoms with Crippen molar-refractivity contribution in [2.75, 3.05) is 0 Å². The second-order valence-corrected chi connectivity index (χ2v) is 7.70. The van der Waals surface area contributed by atoms with Crippen LogP contribution in [0.3, 0.4) is 0 Å². The minimum Gasteiger partial charge on any atom is -0.478 e. The number of rotatable bonds is 5. The number of carboxylic acid groups (broad SMARTS) is 2. The molecule has 0 atom stereocenters. The number of halogens is 1. The molecule has 0 fully saturated rings. The van der Waals surface area contributed by atoms with Gasteiger partial charge in [0.2, 0.25) is 0 Å². The van der Waals surface area contributed by atoms with E-state index in [2.05, 4.69) is 0 Å². The molecule has 0 saturated heterocycles. The first-order valence-corrected chi connectivity index (χ1v) is 9.84. The Morgan fingerprint density at radius 2 is 1.22 bits per heavy atom. The monoisotopic (exact) mass is 550 g/mol. The lowest BCUT2D eigenvalue weighted by molar-refractivity contribution is -0.385. The van der Waals surface area contributed by atoms with Gasteiger partial charge in [-0.1, -0.05) is 29.8 Å². The summed E-state index contributed by atoms with van der Waals surface area (Å²) in [7, 11) is 0. The zero-order valence-corrected chi connectivity index (χ0v) is 18.5. The Morgan fingerprint density at radius 3 is 1.69 bits per heavy atom. The number of carboxylic acids is 2. The topological polar surface area (TPSA) is 161 Å². The second-order valence-electron chi connectivity index (χ2n) is 6.46. The molecule has 0 unspecified atom stereocenters. The SMILES string of the molecule is Cc1ccc(-c2cc(C(=O)O)cc([N+](=O)[O-])c2)cc1.O=C(O)c1cc(I)cc([N+](=O)[O-])c1. The smallest absolute Gasteiger partial charge is 0.335 e. The summed E-state index contributed by atoms with van der Waals surface area (Å²) in [5.41, 5.74) is 1.74. The van der Waals surface area contributed by atoms with Crippen LogP contribution in [0.4, 0.5) is 11.4 Å². The van der Waals surface area contributed by atoms with Crippen LogP contribution in [0.15, 0.2) is 60.7 Å². The maximum absolute atomic E-state index is 11.0. The zero-order chi connectivity index (χ0) is 24.0. The molecule has 0 radical (unpaired) electrons. The highest BCUT2D eigenvalue weighted by Gasteiger charge is 2.15. The molecule has 0 aliphatic carbocycles. The molecule has 32 heavy (non-hydrogen) atoms. The zero-order valence-electron chi connectivity index (χ0n) is 16.4. The van der Waals surface area contributed by atoms with Crippen molar-refractivity contribution in [1.29, 1.82) is 0 Å². The van der Waals surface area contributed by atoms with Gasteiger partial charge in [0, 0.05) is 27.8 Å². The number of aromatic carboxylic acids is 2. The Labute approximate surface area is 194 Å². The molecule has 164 valence electrons. The molecule has 3 aromatic carbocycles. The van der Waals surface area contributed by atoms with Gasteiger partial charge in [0.1, 0.15) is 0 Å². The van der Waals surface area contributed by atoms with E-state index in [1.54, 1.807) is 12.1 Å². The van der Waals surface area contributed by atoms with Crippen LogP contribution in [0.25, 0.3) is 11.1 Å². The molecule has 0 bridgehead atoms. The van der Waals surface area contributed by atoms with Crippen LogP contribution >= 0.6 is 22.6 Å². The molecule has 0 saturated carbocycles. The largest absolute Gasteiger partial charge is 0.478 e. The quantitative estimate of drug-likeness (QED) is 0.250. The van der Waals surface area contributed by atoms with Crippen molar-refractivity contribution in [3.05, 3.63) is 101 Å². The summed E-state index contributed by atoms with van der Waals surface area (Å²) in [6, 6.07) is 14.9. The number of carbonyl (C=O) groups is 2. The lowest BCUT2D eigenvalue weighted by Gasteiger charge is -2.04. The summed E-state index contributed by atoms with van der Waals surface area (Å²) in [6.45, 7) is 1.93. The van der Waals surface area contributed by atoms with Crippen LogP contribution in [0, 0.1) is 30.7 Å². The predicted molar refractivity (Wildman–Crippen MR) is 123 cm³/mol. The van der Waals surface area contributed by atoms with Crippen LogP contribution in [0.2, 0.25) is 0 Å². The third-order valence-electron chi connectivity index (χ3n) is 4.10. The Bertz CT molecular complexity index is 1140. The molecular weight excluding hydrogens is 535 g/mol. The minimum absolute atomic E-state index is 0.0707. The highest BCUT2D eigenvalue weighted by atomic mass is 127. The molecule has 0 spiro atoms. The third kappa shape index (κ3) is 6.57. The Hall–Kier alpha value is -3.87. The summed E-state index contributed by atoms with van der Waals surface area (Å²) in [5.74, 6) is -2.35. The average molecular weight is 550 g/mol. The van der Waals surface area contributed by atoms with Crippen molar-refractivity contribution in [2.24, 2.45) is 0 Å². The van der Waals surface area contributed by atoms with Crippen molar-refractivity contribution in [3.63, 3.8) is 0 Å². The third-order valence-corrected chi connectivity index (χ3v) is 4.72. The van der Waals surface area contributed by atoms with Gasteiger partial charge in [-0.2, -0.15) is 0 Å². The fourth-order valence-electron chi connectivity index (χ4n) is 2.56. The lowest BCUT2D eigenvalue weighted by atomic mass is 10.0. The first-order valence-electron chi connectivity index (χ1n) is 8.76. The summed E-state index contributed by atoms with van der Waals surface area (Å²) >= 11 is 1.83.